The Morgan fingerprint density at radius 1 is 1.24 bits per heavy atom. The molecule has 1 aliphatic rings. The van der Waals surface area contributed by atoms with Crippen LogP contribution in [0.4, 0.5) is 15.8 Å². The molecule has 8 heteroatoms. The molecule has 2 aromatic rings. The number of hydrogen-bond acceptors (Lipinski definition) is 4. The number of amides is 2. The van der Waals surface area contributed by atoms with E-state index in [0.717, 1.165) is 16.5 Å². The number of nitrogens with zero attached hydrogens (tertiary/aromatic N) is 1. The number of aryl methyl sites for hydroxylation is 1. The van der Waals surface area contributed by atoms with Gasteiger partial charge in [0.15, 0.2) is 6.61 Å². The number of nitrogens with one attached hydrogen (secondary N) is 1. The number of rotatable bonds is 6. The van der Waals surface area contributed by atoms with E-state index >= 15 is 0 Å². The summed E-state index contributed by atoms with van der Waals surface area (Å²) in [6, 6.07) is 11.0. The van der Waals surface area contributed by atoms with Gasteiger partial charge in [-0.3, -0.25) is 14.4 Å². The highest BCUT2D eigenvalue weighted by molar-refractivity contribution is 9.10. The van der Waals surface area contributed by atoms with E-state index in [4.69, 9.17) is 4.74 Å². The van der Waals surface area contributed by atoms with E-state index in [2.05, 4.69) is 21.2 Å². The maximum Gasteiger partial charge on any atom is 0.311 e. The minimum atomic E-state index is -0.667. The van der Waals surface area contributed by atoms with Gasteiger partial charge in [0.1, 0.15) is 5.82 Å². The van der Waals surface area contributed by atoms with Gasteiger partial charge in [-0.15, -0.1) is 0 Å². The first kappa shape index (κ1) is 21.0. The van der Waals surface area contributed by atoms with E-state index < -0.39 is 30.2 Å². The van der Waals surface area contributed by atoms with Crippen molar-refractivity contribution in [1.82, 2.24) is 0 Å². The van der Waals surface area contributed by atoms with Gasteiger partial charge in [0, 0.05) is 28.8 Å². The number of benzene rings is 2. The maximum absolute atomic E-state index is 13.1. The number of ether oxygens (including phenoxy) is 1. The zero-order valence-corrected chi connectivity index (χ0v) is 17.4. The van der Waals surface area contributed by atoms with Crippen molar-refractivity contribution in [3.8, 4) is 0 Å². The van der Waals surface area contributed by atoms with Crippen molar-refractivity contribution in [2.75, 3.05) is 23.4 Å². The fourth-order valence-electron chi connectivity index (χ4n) is 3.15. The molecule has 0 unspecified atom stereocenters. The minimum Gasteiger partial charge on any atom is -0.455 e. The van der Waals surface area contributed by atoms with Crippen LogP contribution in [-0.4, -0.2) is 30.9 Å². The number of carbonyl (C=O) groups is 3. The second-order valence-electron chi connectivity index (χ2n) is 6.69. The Hall–Kier alpha value is -2.74. The molecule has 1 aliphatic heterocycles. The monoisotopic (exact) mass is 462 g/mol. The number of halogens is 2. The van der Waals surface area contributed by atoms with Crippen LogP contribution in [0.1, 0.15) is 18.9 Å². The average Bonchev–Trinajstić information content (AvgIpc) is 3.09. The smallest absolute Gasteiger partial charge is 0.311 e. The van der Waals surface area contributed by atoms with Crippen molar-refractivity contribution in [3.05, 3.63) is 58.3 Å². The molecule has 2 amide bonds. The molecule has 1 saturated heterocycles. The van der Waals surface area contributed by atoms with Crippen LogP contribution < -0.4 is 10.2 Å². The Labute approximate surface area is 176 Å². The van der Waals surface area contributed by atoms with E-state index in [-0.39, 0.29) is 18.9 Å². The van der Waals surface area contributed by atoms with Gasteiger partial charge >= 0.3 is 5.97 Å². The third kappa shape index (κ3) is 5.20. The molecule has 2 aromatic carbocycles. The molecular weight excluding hydrogens is 443 g/mol. The van der Waals surface area contributed by atoms with Crippen molar-refractivity contribution < 1.29 is 23.5 Å². The Morgan fingerprint density at radius 2 is 1.97 bits per heavy atom. The van der Waals surface area contributed by atoms with Crippen LogP contribution in [0.3, 0.4) is 0 Å². The van der Waals surface area contributed by atoms with Gasteiger partial charge in [-0.25, -0.2) is 4.39 Å². The van der Waals surface area contributed by atoms with Crippen molar-refractivity contribution in [1.29, 1.82) is 0 Å². The highest BCUT2D eigenvalue weighted by Crippen LogP contribution is 2.26. The lowest BCUT2D eigenvalue weighted by Gasteiger charge is -2.16. The molecule has 1 heterocycles. The Morgan fingerprint density at radius 3 is 2.66 bits per heavy atom. The normalized spacial score (nSPS) is 16.0. The first-order valence-corrected chi connectivity index (χ1v) is 9.97. The molecule has 0 saturated carbocycles. The zero-order valence-electron chi connectivity index (χ0n) is 15.8. The predicted molar refractivity (Wildman–Crippen MR) is 110 cm³/mol. The summed E-state index contributed by atoms with van der Waals surface area (Å²) in [5.41, 5.74) is 2.14. The maximum atomic E-state index is 13.1. The summed E-state index contributed by atoms with van der Waals surface area (Å²) >= 11 is 3.39. The topological polar surface area (TPSA) is 75.7 Å². The average molecular weight is 463 g/mol. The number of esters is 1. The van der Waals surface area contributed by atoms with Crippen LogP contribution in [0, 0.1) is 11.7 Å². The molecule has 0 aromatic heterocycles. The van der Waals surface area contributed by atoms with E-state index in [1.807, 2.05) is 19.1 Å². The van der Waals surface area contributed by atoms with Crippen LogP contribution in [0.15, 0.2) is 46.9 Å². The summed E-state index contributed by atoms with van der Waals surface area (Å²) in [6.45, 7) is 1.68. The lowest BCUT2D eigenvalue weighted by Crippen LogP contribution is -2.28. The first-order chi connectivity index (χ1) is 13.9. The molecule has 1 atom stereocenters. The summed E-state index contributed by atoms with van der Waals surface area (Å²) < 4.78 is 19.1. The fourth-order valence-corrected chi connectivity index (χ4v) is 3.56. The predicted octanol–water partition coefficient (Wildman–Crippen LogP) is 3.69. The molecule has 1 fully saturated rings. The molecule has 0 bridgehead atoms. The molecular formula is C21H20BrFN2O4. The molecule has 0 spiro atoms. The number of hydrogen-bond donors (Lipinski definition) is 1. The van der Waals surface area contributed by atoms with Crippen molar-refractivity contribution >= 4 is 45.1 Å². The molecule has 6 nitrogen and oxygen atoms in total. The van der Waals surface area contributed by atoms with Crippen LogP contribution in [0.2, 0.25) is 0 Å². The van der Waals surface area contributed by atoms with Crippen LogP contribution in [-0.2, 0) is 25.5 Å². The standard InChI is InChI=1S/C21H20BrFN2O4/c1-2-13-9-15(22)3-8-18(13)24-19(26)12-29-21(28)14-10-20(27)25(11-14)17-6-4-16(23)5-7-17/h3-9,14H,2,10-12H2,1H3,(H,24,26)/t14-/m1/s1. The third-order valence-corrected chi connectivity index (χ3v) is 5.16. The van der Waals surface area contributed by atoms with Gasteiger partial charge in [0.2, 0.25) is 5.91 Å². The summed E-state index contributed by atoms with van der Waals surface area (Å²) in [5, 5.41) is 2.73. The van der Waals surface area contributed by atoms with Crippen molar-refractivity contribution in [3.63, 3.8) is 0 Å². The zero-order chi connectivity index (χ0) is 21.0. The van der Waals surface area contributed by atoms with Crippen LogP contribution in [0.25, 0.3) is 0 Å². The molecule has 29 heavy (non-hydrogen) atoms. The van der Waals surface area contributed by atoms with E-state index in [0.29, 0.717) is 11.4 Å². The fraction of sp³-hybridized carbons (Fsp3) is 0.286. The highest BCUT2D eigenvalue weighted by atomic mass is 79.9. The SMILES string of the molecule is CCc1cc(Br)ccc1NC(=O)COC(=O)[C@@H]1CC(=O)N(c2ccc(F)cc2)C1. The summed E-state index contributed by atoms with van der Waals surface area (Å²) in [6.07, 6.45) is 0.725. The van der Waals surface area contributed by atoms with Crippen LogP contribution in [0.5, 0.6) is 0 Å². The first-order valence-electron chi connectivity index (χ1n) is 9.18. The highest BCUT2D eigenvalue weighted by Gasteiger charge is 2.36. The van der Waals surface area contributed by atoms with E-state index in [9.17, 15) is 18.8 Å². The van der Waals surface area contributed by atoms with E-state index in [1.165, 1.54) is 29.2 Å². The van der Waals surface area contributed by atoms with Crippen molar-refractivity contribution in [2.24, 2.45) is 5.92 Å². The minimum absolute atomic E-state index is 0.00940. The Bertz CT molecular complexity index is 933. The summed E-state index contributed by atoms with van der Waals surface area (Å²) in [5.74, 6) is -2.37. The molecule has 1 N–H and O–H groups in total. The van der Waals surface area contributed by atoms with Gasteiger partial charge in [0.05, 0.1) is 5.92 Å². The second-order valence-corrected chi connectivity index (χ2v) is 7.61. The Kier molecular flexibility index (Phi) is 6.64. The van der Waals surface area contributed by atoms with Gasteiger partial charge in [-0.1, -0.05) is 22.9 Å². The number of carbonyl (C=O) groups excluding carboxylic acids is 3. The quantitative estimate of drug-likeness (QED) is 0.664. The third-order valence-electron chi connectivity index (χ3n) is 4.66. The van der Waals surface area contributed by atoms with Crippen molar-refractivity contribution in [2.45, 2.75) is 19.8 Å². The van der Waals surface area contributed by atoms with Gasteiger partial charge in [-0.05, 0) is 54.4 Å². The molecule has 0 aliphatic carbocycles. The van der Waals surface area contributed by atoms with Crippen LogP contribution >= 0.6 is 15.9 Å². The van der Waals surface area contributed by atoms with Gasteiger partial charge < -0.3 is 15.0 Å². The second kappa shape index (κ2) is 9.17. The summed E-state index contributed by atoms with van der Waals surface area (Å²) in [7, 11) is 0. The largest absolute Gasteiger partial charge is 0.455 e. The lowest BCUT2D eigenvalue weighted by molar-refractivity contribution is -0.151. The lowest BCUT2D eigenvalue weighted by atomic mass is 10.1. The molecule has 3 rings (SSSR count). The van der Waals surface area contributed by atoms with E-state index in [1.54, 1.807) is 6.07 Å². The molecule has 0 radical (unpaired) electrons. The summed E-state index contributed by atoms with van der Waals surface area (Å²) in [4.78, 5) is 38.1. The Balaban J connectivity index is 1.54. The van der Waals surface area contributed by atoms with Gasteiger partial charge in [-0.2, -0.15) is 0 Å². The number of anilines is 2. The van der Waals surface area contributed by atoms with Gasteiger partial charge in [0.25, 0.3) is 5.91 Å². The molecule has 152 valence electrons.